The van der Waals surface area contributed by atoms with Crippen LogP contribution in [0, 0.1) is 5.92 Å². The van der Waals surface area contributed by atoms with Crippen molar-refractivity contribution in [3.8, 4) is 22.4 Å². The number of amides is 3. The maximum absolute atomic E-state index is 13.0. The summed E-state index contributed by atoms with van der Waals surface area (Å²) in [6, 6.07) is 19.7. The van der Waals surface area contributed by atoms with Crippen LogP contribution in [0.15, 0.2) is 66.9 Å². The maximum atomic E-state index is 13.0. The number of ether oxygens (including phenoxy) is 1. The molecule has 1 aromatic heterocycles. The van der Waals surface area contributed by atoms with Crippen LogP contribution >= 0.6 is 0 Å². The van der Waals surface area contributed by atoms with Gasteiger partial charge in [0.15, 0.2) is 0 Å². The van der Waals surface area contributed by atoms with E-state index in [0.29, 0.717) is 25.3 Å². The molecule has 1 aliphatic heterocycles. The van der Waals surface area contributed by atoms with Gasteiger partial charge in [0.25, 0.3) is 0 Å². The average Bonchev–Trinajstić information content (AvgIpc) is 3.39. The van der Waals surface area contributed by atoms with E-state index >= 15 is 0 Å². The highest BCUT2D eigenvalue weighted by atomic mass is 16.6. The van der Waals surface area contributed by atoms with Crippen LogP contribution in [0.5, 0.6) is 0 Å². The highest BCUT2D eigenvalue weighted by Gasteiger charge is 2.33. The van der Waals surface area contributed by atoms with E-state index in [1.807, 2.05) is 79.4 Å². The number of benzene rings is 2. The number of hydrogen-bond acceptors (Lipinski definition) is 5. The summed E-state index contributed by atoms with van der Waals surface area (Å²) in [4.78, 5) is 42.7. The van der Waals surface area contributed by atoms with Gasteiger partial charge < -0.3 is 25.4 Å². The van der Waals surface area contributed by atoms with Gasteiger partial charge >= 0.3 is 12.2 Å². The van der Waals surface area contributed by atoms with Crippen molar-refractivity contribution in [1.82, 2.24) is 15.2 Å². The first-order chi connectivity index (χ1) is 19.7. The summed E-state index contributed by atoms with van der Waals surface area (Å²) in [5.74, 6) is 0.240. The molecule has 9 heteroatoms. The van der Waals surface area contributed by atoms with Crippen molar-refractivity contribution < 1.29 is 24.2 Å². The summed E-state index contributed by atoms with van der Waals surface area (Å²) in [6.07, 6.45) is 4.41. The Balaban J connectivity index is 1.29. The van der Waals surface area contributed by atoms with Gasteiger partial charge in [0.1, 0.15) is 6.61 Å². The molecule has 41 heavy (non-hydrogen) atoms. The van der Waals surface area contributed by atoms with Gasteiger partial charge in [-0.05, 0) is 62.6 Å². The zero-order valence-electron chi connectivity index (χ0n) is 23.4. The predicted octanol–water partition coefficient (Wildman–Crippen LogP) is 6.26. The normalized spacial score (nSPS) is 19.0. The number of pyridine rings is 1. The first-order valence-electron chi connectivity index (χ1n) is 14.1. The molecule has 0 spiro atoms. The van der Waals surface area contributed by atoms with Crippen molar-refractivity contribution in [2.45, 2.75) is 57.5 Å². The van der Waals surface area contributed by atoms with Gasteiger partial charge in [-0.2, -0.15) is 0 Å². The Kier molecular flexibility index (Phi) is 8.23. The third kappa shape index (κ3) is 6.67. The molecule has 3 N–H and O–H groups in total. The fourth-order valence-corrected chi connectivity index (χ4v) is 5.86. The molecule has 3 amide bonds. The van der Waals surface area contributed by atoms with E-state index in [0.717, 1.165) is 53.6 Å². The van der Waals surface area contributed by atoms with E-state index in [-0.39, 0.29) is 24.0 Å². The number of carbonyl (C=O) groups is 3. The van der Waals surface area contributed by atoms with E-state index in [1.165, 1.54) is 0 Å². The molecule has 2 heterocycles. The molecule has 1 saturated carbocycles. The fraction of sp³-hybridized carbons (Fsp3) is 0.375. The van der Waals surface area contributed by atoms with Crippen molar-refractivity contribution in [2.24, 2.45) is 5.92 Å². The quantitative estimate of drug-likeness (QED) is 0.301. The van der Waals surface area contributed by atoms with Crippen molar-refractivity contribution in [2.75, 3.05) is 18.5 Å². The second kappa shape index (κ2) is 12.0. The van der Waals surface area contributed by atoms with Crippen LogP contribution in [0.4, 0.5) is 15.3 Å². The fourth-order valence-electron chi connectivity index (χ4n) is 5.86. The first kappa shape index (κ1) is 28.1. The van der Waals surface area contributed by atoms with Gasteiger partial charge in [-0.15, -0.1) is 0 Å². The molecule has 2 fully saturated rings. The summed E-state index contributed by atoms with van der Waals surface area (Å²) in [6.45, 7) is 4.75. The lowest BCUT2D eigenvalue weighted by atomic mass is 9.83. The van der Waals surface area contributed by atoms with Gasteiger partial charge in [-0.3, -0.25) is 9.78 Å². The molecule has 3 aromatic rings. The number of nitrogens with zero attached hydrogens (tertiary/aromatic N) is 2. The second-order valence-electron chi connectivity index (χ2n) is 11.4. The Morgan fingerprint density at radius 1 is 1.02 bits per heavy atom. The molecule has 5 rings (SSSR count). The van der Waals surface area contributed by atoms with Gasteiger partial charge in [0.2, 0.25) is 5.91 Å². The Morgan fingerprint density at radius 3 is 2.37 bits per heavy atom. The highest BCUT2D eigenvalue weighted by molar-refractivity contribution is 5.93. The number of carbonyl (C=O) groups excluding carboxylic acids is 2. The molecule has 2 aromatic carbocycles. The second-order valence-corrected chi connectivity index (χ2v) is 11.4. The maximum Gasteiger partial charge on any atom is 0.410 e. The van der Waals surface area contributed by atoms with Crippen LogP contribution in [0.1, 0.15) is 51.5 Å². The number of aromatic nitrogens is 1. The van der Waals surface area contributed by atoms with E-state index in [4.69, 9.17) is 9.72 Å². The third-order valence-electron chi connectivity index (χ3n) is 8.08. The Labute approximate surface area is 239 Å². The molecule has 2 aliphatic rings. The standard InChI is InChI=1S/C32H36N4O5/c1-32(2,35-30(38)39)24-12-10-23(11-13-24)29-27(22-6-4-3-5-7-22)19-25(20-33-29)34-28(37)18-21-8-14-26(15-9-21)36-16-17-41-31(36)40/h3-7,10-13,19-21,26,35H,8-9,14-18H2,1-2H3,(H,34,37)(H,38,39). The van der Waals surface area contributed by atoms with E-state index in [9.17, 15) is 19.5 Å². The van der Waals surface area contributed by atoms with Gasteiger partial charge in [0.05, 0.1) is 29.7 Å². The number of nitrogens with one attached hydrogen (secondary N) is 2. The number of anilines is 1. The molecule has 9 nitrogen and oxygen atoms in total. The monoisotopic (exact) mass is 556 g/mol. The predicted molar refractivity (Wildman–Crippen MR) is 156 cm³/mol. The lowest BCUT2D eigenvalue weighted by Gasteiger charge is -2.32. The zero-order valence-corrected chi connectivity index (χ0v) is 23.4. The molecule has 0 atom stereocenters. The molecule has 0 radical (unpaired) electrons. The van der Waals surface area contributed by atoms with Gasteiger partial charge in [-0.1, -0.05) is 54.6 Å². The SMILES string of the molecule is CC(C)(NC(=O)O)c1ccc(-c2ncc(NC(=O)CC3CCC(N4CCOC4=O)CC3)cc2-c2ccccc2)cc1. The van der Waals surface area contributed by atoms with Gasteiger partial charge in [0, 0.05) is 23.6 Å². The molecule has 0 unspecified atom stereocenters. The smallest absolute Gasteiger partial charge is 0.410 e. The molecule has 0 bridgehead atoms. The first-order valence-corrected chi connectivity index (χ1v) is 14.1. The zero-order chi connectivity index (χ0) is 29.0. The lowest BCUT2D eigenvalue weighted by Crippen LogP contribution is -2.39. The molecular formula is C32H36N4O5. The van der Waals surface area contributed by atoms with Crippen LogP contribution < -0.4 is 10.6 Å². The number of carboxylic acid groups (broad SMARTS) is 1. The largest absolute Gasteiger partial charge is 0.465 e. The Bertz CT molecular complexity index is 1400. The topological polar surface area (TPSA) is 121 Å². The van der Waals surface area contributed by atoms with Gasteiger partial charge in [-0.25, -0.2) is 9.59 Å². The molecular weight excluding hydrogens is 520 g/mol. The summed E-state index contributed by atoms with van der Waals surface area (Å²) in [5.41, 5.74) is 4.24. The lowest BCUT2D eigenvalue weighted by molar-refractivity contribution is -0.117. The van der Waals surface area contributed by atoms with Crippen LogP contribution in [0.3, 0.4) is 0 Å². The number of rotatable bonds is 8. The molecule has 214 valence electrons. The Morgan fingerprint density at radius 2 is 1.73 bits per heavy atom. The average molecular weight is 557 g/mol. The van der Waals surface area contributed by atoms with Crippen molar-refractivity contribution in [3.05, 3.63) is 72.4 Å². The van der Waals surface area contributed by atoms with E-state index < -0.39 is 11.6 Å². The molecule has 1 saturated heterocycles. The summed E-state index contributed by atoms with van der Waals surface area (Å²) in [5, 5.41) is 14.8. The minimum absolute atomic E-state index is 0.0416. The van der Waals surface area contributed by atoms with Crippen LogP contribution in [-0.2, 0) is 15.1 Å². The minimum Gasteiger partial charge on any atom is -0.465 e. The Hall–Kier alpha value is -4.40. The minimum atomic E-state index is -1.08. The summed E-state index contributed by atoms with van der Waals surface area (Å²) >= 11 is 0. The van der Waals surface area contributed by atoms with E-state index in [1.54, 1.807) is 6.20 Å². The molecule has 1 aliphatic carbocycles. The van der Waals surface area contributed by atoms with Crippen LogP contribution in [0.25, 0.3) is 22.4 Å². The van der Waals surface area contributed by atoms with Crippen molar-refractivity contribution in [3.63, 3.8) is 0 Å². The van der Waals surface area contributed by atoms with Crippen LogP contribution in [0.2, 0.25) is 0 Å². The van der Waals surface area contributed by atoms with Crippen molar-refractivity contribution >= 4 is 23.8 Å². The number of hydrogen-bond donors (Lipinski definition) is 3. The summed E-state index contributed by atoms with van der Waals surface area (Å²) in [7, 11) is 0. The number of cyclic esters (lactones) is 1. The summed E-state index contributed by atoms with van der Waals surface area (Å²) < 4.78 is 5.08. The van der Waals surface area contributed by atoms with Crippen LogP contribution in [-0.4, -0.2) is 52.3 Å². The third-order valence-corrected chi connectivity index (χ3v) is 8.08. The van der Waals surface area contributed by atoms with Crippen molar-refractivity contribution in [1.29, 1.82) is 0 Å². The van der Waals surface area contributed by atoms with E-state index in [2.05, 4.69) is 10.6 Å². The highest BCUT2D eigenvalue weighted by Crippen LogP contribution is 2.35.